The largest absolute Gasteiger partial charge is 0.489 e. The standard InChI is InChI=1S/C29H26N2O3/c1-33-29(32)26-16-12-25(13-17-26)22-34-28-18-14-23(15-19-28)20-30-31(27-10-6-3-7-11-27)21-24-8-4-2-5-9-24/h2-20H,21-22H2,1H3/b30-20-. The number of anilines is 1. The fourth-order valence-corrected chi connectivity index (χ4v) is 3.36. The summed E-state index contributed by atoms with van der Waals surface area (Å²) in [5.74, 6) is 0.415. The summed E-state index contributed by atoms with van der Waals surface area (Å²) in [6, 6.07) is 35.4. The highest BCUT2D eigenvalue weighted by Crippen LogP contribution is 2.18. The average Bonchev–Trinajstić information content (AvgIpc) is 2.91. The van der Waals surface area contributed by atoms with Crippen molar-refractivity contribution in [3.63, 3.8) is 0 Å². The minimum absolute atomic E-state index is 0.348. The molecule has 5 heteroatoms. The maximum absolute atomic E-state index is 11.5. The van der Waals surface area contributed by atoms with E-state index in [1.165, 1.54) is 12.7 Å². The summed E-state index contributed by atoms with van der Waals surface area (Å²) >= 11 is 0. The maximum atomic E-state index is 11.5. The van der Waals surface area contributed by atoms with Gasteiger partial charge in [-0.25, -0.2) is 4.79 Å². The molecule has 0 heterocycles. The Kier molecular flexibility index (Phi) is 7.70. The van der Waals surface area contributed by atoms with Crippen molar-refractivity contribution in [2.24, 2.45) is 5.10 Å². The van der Waals surface area contributed by atoms with Crippen LogP contribution in [-0.4, -0.2) is 19.3 Å². The highest BCUT2D eigenvalue weighted by Gasteiger charge is 2.06. The van der Waals surface area contributed by atoms with Gasteiger partial charge in [-0.15, -0.1) is 0 Å². The summed E-state index contributed by atoms with van der Waals surface area (Å²) in [5, 5.41) is 6.73. The van der Waals surface area contributed by atoms with Crippen molar-refractivity contribution < 1.29 is 14.3 Å². The number of ether oxygens (including phenoxy) is 2. The van der Waals surface area contributed by atoms with Gasteiger partial charge >= 0.3 is 5.97 Å². The van der Waals surface area contributed by atoms with E-state index in [4.69, 9.17) is 14.6 Å². The molecule has 0 saturated heterocycles. The summed E-state index contributed by atoms with van der Waals surface area (Å²) in [6.07, 6.45) is 1.85. The van der Waals surface area contributed by atoms with Crippen molar-refractivity contribution >= 4 is 17.9 Å². The van der Waals surface area contributed by atoms with Gasteiger partial charge in [-0.1, -0.05) is 60.7 Å². The number of hydrogen-bond acceptors (Lipinski definition) is 5. The van der Waals surface area contributed by atoms with Crippen LogP contribution in [0.4, 0.5) is 5.69 Å². The molecular formula is C29H26N2O3. The molecule has 4 aromatic rings. The lowest BCUT2D eigenvalue weighted by Crippen LogP contribution is -2.15. The second-order valence-electron chi connectivity index (χ2n) is 7.67. The molecule has 0 radical (unpaired) electrons. The summed E-state index contributed by atoms with van der Waals surface area (Å²) in [7, 11) is 1.37. The van der Waals surface area contributed by atoms with Crippen LogP contribution in [0.2, 0.25) is 0 Å². The van der Waals surface area contributed by atoms with E-state index in [-0.39, 0.29) is 5.97 Å². The lowest BCUT2D eigenvalue weighted by Gasteiger charge is -2.19. The fourth-order valence-electron chi connectivity index (χ4n) is 3.36. The van der Waals surface area contributed by atoms with Crippen molar-refractivity contribution in [3.05, 3.63) is 131 Å². The fraction of sp³-hybridized carbons (Fsp3) is 0.103. The van der Waals surface area contributed by atoms with E-state index in [0.717, 1.165) is 22.6 Å². The molecular weight excluding hydrogens is 424 g/mol. The van der Waals surface area contributed by atoms with Gasteiger partial charge < -0.3 is 9.47 Å². The van der Waals surface area contributed by atoms with Gasteiger partial charge in [0.1, 0.15) is 12.4 Å². The van der Waals surface area contributed by atoms with Crippen LogP contribution in [0.25, 0.3) is 0 Å². The molecule has 0 N–H and O–H groups in total. The van der Waals surface area contributed by atoms with Crippen LogP contribution in [0.5, 0.6) is 5.75 Å². The number of benzene rings is 4. The van der Waals surface area contributed by atoms with E-state index in [0.29, 0.717) is 18.7 Å². The third-order valence-electron chi connectivity index (χ3n) is 5.24. The van der Waals surface area contributed by atoms with Crippen LogP contribution in [0.1, 0.15) is 27.0 Å². The zero-order valence-corrected chi connectivity index (χ0v) is 19.0. The zero-order valence-electron chi connectivity index (χ0n) is 19.0. The number of methoxy groups -OCH3 is 1. The molecule has 0 fully saturated rings. The number of nitrogens with zero attached hydrogens (tertiary/aromatic N) is 2. The van der Waals surface area contributed by atoms with Crippen LogP contribution in [0.15, 0.2) is 114 Å². The lowest BCUT2D eigenvalue weighted by molar-refractivity contribution is 0.0600. The third-order valence-corrected chi connectivity index (χ3v) is 5.24. The summed E-state index contributed by atoms with van der Waals surface area (Å²) in [6.45, 7) is 1.09. The van der Waals surface area contributed by atoms with Gasteiger partial charge in [0.05, 0.1) is 31.1 Å². The van der Waals surface area contributed by atoms with Crippen molar-refractivity contribution in [2.45, 2.75) is 13.2 Å². The second kappa shape index (κ2) is 11.5. The molecule has 0 amide bonds. The van der Waals surface area contributed by atoms with Gasteiger partial charge in [-0.3, -0.25) is 5.01 Å². The number of rotatable bonds is 9. The molecule has 0 unspecified atom stereocenters. The Labute approximate surface area is 199 Å². The smallest absolute Gasteiger partial charge is 0.337 e. The van der Waals surface area contributed by atoms with Gasteiger partial charge in [-0.2, -0.15) is 5.10 Å². The Morgan fingerprint density at radius 3 is 2.09 bits per heavy atom. The van der Waals surface area contributed by atoms with E-state index in [1.54, 1.807) is 12.1 Å². The van der Waals surface area contributed by atoms with Crippen LogP contribution in [-0.2, 0) is 17.9 Å². The number of hydrazone groups is 1. The van der Waals surface area contributed by atoms with Crippen LogP contribution in [0, 0.1) is 0 Å². The van der Waals surface area contributed by atoms with E-state index < -0.39 is 0 Å². The van der Waals surface area contributed by atoms with Gasteiger partial charge in [0.15, 0.2) is 0 Å². The molecule has 0 saturated carbocycles. The Bertz CT molecular complexity index is 1210. The van der Waals surface area contributed by atoms with E-state index in [1.807, 2.05) is 84.0 Å². The number of esters is 1. The van der Waals surface area contributed by atoms with Crippen molar-refractivity contribution in [1.82, 2.24) is 0 Å². The molecule has 34 heavy (non-hydrogen) atoms. The molecule has 0 aliphatic carbocycles. The van der Waals surface area contributed by atoms with Crippen molar-refractivity contribution in [1.29, 1.82) is 0 Å². The minimum Gasteiger partial charge on any atom is -0.489 e. The van der Waals surface area contributed by atoms with E-state index >= 15 is 0 Å². The summed E-state index contributed by atoms with van der Waals surface area (Å²) < 4.78 is 10.6. The third kappa shape index (κ3) is 6.33. The first-order valence-electron chi connectivity index (χ1n) is 11.0. The maximum Gasteiger partial charge on any atom is 0.337 e. The van der Waals surface area contributed by atoms with Crippen LogP contribution < -0.4 is 9.75 Å². The number of carbonyl (C=O) groups excluding carboxylic acids is 1. The monoisotopic (exact) mass is 450 g/mol. The molecule has 4 aromatic carbocycles. The average molecular weight is 451 g/mol. The molecule has 0 aliphatic rings. The predicted octanol–water partition coefficient (Wildman–Crippen LogP) is 6.09. The Balaban J connectivity index is 1.39. The first-order chi connectivity index (χ1) is 16.7. The second-order valence-corrected chi connectivity index (χ2v) is 7.67. The molecule has 0 aromatic heterocycles. The van der Waals surface area contributed by atoms with Crippen LogP contribution in [0.3, 0.4) is 0 Å². The van der Waals surface area contributed by atoms with Gasteiger partial charge in [0.25, 0.3) is 0 Å². The summed E-state index contributed by atoms with van der Waals surface area (Å²) in [4.78, 5) is 11.5. The molecule has 4 rings (SSSR count). The zero-order chi connectivity index (χ0) is 23.6. The normalized spacial score (nSPS) is 10.7. The van der Waals surface area contributed by atoms with E-state index in [2.05, 4.69) is 24.3 Å². The molecule has 170 valence electrons. The lowest BCUT2D eigenvalue weighted by atomic mass is 10.1. The molecule has 0 bridgehead atoms. The first kappa shape index (κ1) is 22.8. The molecule has 5 nitrogen and oxygen atoms in total. The Morgan fingerprint density at radius 1 is 0.794 bits per heavy atom. The van der Waals surface area contributed by atoms with Gasteiger partial charge in [-0.05, 0) is 65.2 Å². The van der Waals surface area contributed by atoms with Gasteiger partial charge in [0.2, 0.25) is 0 Å². The number of hydrogen-bond donors (Lipinski definition) is 0. The first-order valence-corrected chi connectivity index (χ1v) is 11.0. The molecule has 0 spiro atoms. The number of para-hydroxylation sites is 1. The number of carbonyl (C=O) groups is 1. The summed E-state index contributed by atoms with van der Waals surface area (Å²) in [5.41, 5.74) is 4.68. The van der Waals surface area contributed by atoms with E-state index in [9.17, 15) is 4.79 Å². The molecule has 0 aliphatic heterocycles. The van der Waals surface area contributed by atoms with Crippen molar-refractivity contribution in [3.8, 4) is 5.75 Å². The topological polar surface area (TPSA) is 51.1 Å². The Morgan fingerprint density at radius 2 is 1.44 bits per heavy atom. The predicted molar refractivity (Wildman–Crippen MR) is 135 cm³/mol. The highest BCUT2D eigenvalue weighted by molar-refractivity contribution is 5.89. The SMILES string of the molecule is COC(=O)c1ccc(COc2ccc(/C=N\N(Cc3ccccc3)c3ccccc3)cc2)cc1. The van der Waals surface area contributed by atoms with Gasteiger partial charge in [0, 0.05) is 0 Å². The minimum atomic E-state index is -0.348. The van der Waals surface area contributed by atoms with Crippen molar-refractivity contribution in [2.75, 3.05) is 12.1 Å². The molecule has 0 atom stereocenters. The quantitative estimate of drug-likeness (QED) is 0.176. The highest BCUT2D eigenvalue weighted by atomic mass is 16.5. The Hall–Kier alpha value is -4.38. The van der Waals surface area contributed by atoms with Crippen LogP contribution >= 0.6 is 0 Å².